The minimum atomic E-state index is -4.11. The molecule has 0 aliphatic carbocycles. The molecule has 0 fully saturated rings. The van der Waals surface area contributed by atoms with Crippen molar-refractivity contribution in [3.05, 3.63) is 59.1 Å². The Morgan fingerprint density at radius 3 is 2.26 bits per heavy atom. The number of halogens is 3. The van der Waals surface area contributed by atoms with Gasteiger partial charge in [-0.05, 0) is 42.5 Å². The van der Waals surface area contributed by atoms with Crippen LogP contribution >= 0.6 is 11.6 Å². The Kier molecular flexibility index (Phi) is 3.73. The molecule has 100 valence electrons. The lowest BCUT2D eigenvalue weighted by atomic mass is 10.3. The zero-order valence-corrected chi connectivity index (χ0v) is 11.0. The van der Waals surface area contributed by atoms with Crippen LogP contribution in [-0.2, 0) is 10.0 Å². The van der Waals surface area contributed by atoms with Crippen molar-refractivity contribution in [3.8, 4) is 0 Å². The van der Waals surface area contributed by atoms with Gasteiger partial charge in [0.2, 0.25) is 0 Å². The molecule has 0 saturated heterocycles. The summed E-state index contributed by atoms with van der Waals surface area (Å²) in [6.07, 6.45) is 0. The minimum Gasteiger partial charge on any atom is -0.280 e. The molecule has 19 heavy (non-hydrogen) atoms. The number of rotatable bonds is 3. The summed E-state index contributed by atoms with van der Waals surface area (Å²) in [4.78, 5) is -0.565. The first-order valence-electron chi connectivity index (χ1n) is 5.12. The zero-order valence-electron chi connectivity index (χ0n) is 9.40. The van der Waals surface area contributed by atoms with E-state index in [1.54, 1.807) is 0 Å². The summed E-state index contributed by atoms with van der Waals surface area (Å²) in [5, 5.41) is 0.0980. The van der Waals surface area contributed by atoms with Gasteiger partial charge in [0.05, 0.1) is 0 Å². The average molecular weight is 304 g/mol. The molecular weight excluding hydrogens is 296 g/mol. The molecule has 0 heterocycles. The summed E-state index contributed by atoms with van der Waals surface area (Å²) in [5.41, 5.74) is 0.126. The normalized spacial score (nSPS) is 11.3. The van der Waals surface area contributed by atoms with Gasteiger partial charge in [0.1, 0.15) is 16.5 Å². The molecule has 3 nitrogen and oxygen atoms in total. The van der Waals surface area contributed by atoms with E-state index in [1.165, 1.54) is 18.2 Å². The van der Waals surface area contributed by atoms with Gasteiger partial charge in [0.25, 0.3) is 10.0 Å². The van der Waals surface area contributed by atoms with Crippen LogP contribution in [-0.4, -0.2) is 8.42 Å². The van der Waals surface area contributed by atoms with E-state index in [-0.39, 0.29) is 10.7 Å². The van der Waals surface area contributed by atoms with E-state index in [1.807, 2.05) is 0 Å². The van der Waals surface area contributed by atoms with E-state index < -0.39 is 26.6 Å². The summed E-state index contributed by atoms with van der Waals surface area (Å²) in [7, 11) is -4.11. The number of hydrogen-bond donors (Lipinski definition) is 1. The molecule has 0 atom stereocenters. The van der Waals surface area contributed by atoms with E-state index in [4.69, 9.17) is 11.6 Å². The van der Waals surface area contributed by atoms with Crippen LogP contribution in [0.15, 0.2) is 47.4 Å². The van der Waals surface area contributed by atoms with Crippen LogP contribution < -0.4 is 4.72 Å². The predicted octanol–water partition coefficient (Wildman–Crippen LogP) is 3.42. The van der Waals surface area contributed by atoms with E-state index in [9.17, 15) is 17.2 Å². The van der Waals surface area contributed by atoms with Gasteiger partial charge in [-0.15, -0.1) is 0 Å². The maximum absolute atomic E-state index is 13.5. The highest BCUT2D eigenvalue weighted by Crippen LogP contribution is 2.22. The Morgan fingerprint density at radius 2 is 1.63 bits per heavy atom. The highest BCUT2D eigenvalue weighted by atomic mass is 35.5. The summed E-state index contributed by atoms with van der Waals surface area (Å²) >= 11 is 5.64. The first-order chi connectivity index (χ1) is 8.88. The lowest BCUT2D eigenvalue weighted by Gasteiger charge is -2.09. The fourth-order valence-electron chi connectivity index (χ4n) is 1.41. The Hall–Kier alpha value is -1.66. The van der Waals surface area contributed by atoms with E-state index in [0.29, 0.717) is 0 Å². The first kappa shape index (κ1) is 13.8. The van der Waals surface area contributed by atoms with Crippen molar-refractivity contribution in [3.63, 3.8) is 0 Å². The SMILES string of the molecule is O=S(=O)(Nc1ccc(F)cc1)c1cc(Cl)ccc1F. The molecule has 0 bridgehead atoms. The molecule has 0 radical (unpaired) electrons. The number of hydrogen-bond acceptors (Lipinski definition) is 2. The molecule has 0 aliphatic rings. The predicted molar refractivity (Wildman–Crippen MR) is 68.6 cm³/mol. The van der Waals surface area contributed by atoms with Crippen molar-refractivity contribution < 1.29 is 17.2 Å². The van der Waals surface area contributed by atoms with Crippen LogP contribution in [0.3, 0.4) is 0 Å². The third-order valence-electron chi connectivity index (χ3n) is 2.28. The summed E-state index contributed by atoms with van der Waals surface area (Å²) in [5.74, 6) is -1.42. The van der Waals surface area contributed by atoms with Gasteiger partial charge < -0.3 is 0 Å². The molecule has 0 spiro atoms. The quantitative estimate of drug-likeness (QED) is 0.944. The van der Waals surface area contributed by atoms with Crippen molar-refractivity contribution in [2.45, 2.75) is 4.90 Å². The maximum Gasteiger partial charge on any atom is 0.264 e. The van der Waals surface area contributed by atoms with Crippen LogP contribution in [0.5, 0.6) is 0 Å². The standard InChI is InChI=1S/C12H8ClF2NO2S/c13-8-1-6-11(15)12(7-8)19(17,18)16-10-4-2-9(14)3-5-10/h1-7,16H. The molecule has 7 heteroatoms. The molecule has 0 unspecified atom stereocenters. The highest BCUT2D eigenvalue weighted by molar-refractivity contribution is 7.92. The molecule has 0 aliphatic heterocycles. The Morgan fingerprint density at radius 1 is 1.00 bits per heavy atom. The molecule has 1 N–H and O–H groups in total. The second-order valence-corrected chi connectivity index (χ2v) is 5.77. The second kappa shape index (κ2) is 5.14. The topological polar surface area (TPSA) is 46.2 Å². The largest absolute Gasteiger partial charge is 0.280 e. The van der Waals surface area contributed by atoms with Crippen molar-refractivity contribution in [1.29, 1.82) is 0 Å². The third kappa shape index (κ3) is 3.21. The molecule has 2 rings (SSSR count). The van der Waals surface area contributed by atoms with Crippen molar-refractivity contribution in [2.24, 2.45) is 0 Å². The summed E-state index contributed by atoms with van der Waals surface area (Å²) in [6, 6.07) is 7.85. The van der Waals surface area contributed by atoms with Gasteiger partial charge in [-0.3, -0.25) is 4.72 Å². The van der Waals surface area contributed by atoms with Gasteiger partial charge in [-0.25, -0.2) is 17.2 Å². The molecular formula is C12H8ClF2NO2S. The lowest BCUT2D eigenvalue weighted by Crippen LogP contribution is -2.14. The molecule has 0 saturated carbocycles. The summed E-state index contributed by atoms with van der Waals surface area (Å²) in [6.45, 7) is 0. The van der Waals surface area contributed by atoms with Gasteiger partial charge >= 0.3 is 0 Å². The second-order valence-electron chi connectivity index (χ2n) is 3.69. The smallest absolute Gasteiger partial charge is 0.264 e. The Bertz CT molecular complexity index is 702. The number of anilines is 1. The van der Waals surface area contributed by atoms with Gasteiger partial charge in [-0.1, -0.05) is 11.6 Å². The minimum absolute atomic E-state index is 0.0980. The van der Waals surface area contributed by atoms with Crippen LogP contribution in [0.2, 0.25) is 5.02 Å². The molecule has 2 aromatic carbocycles. The fraction of sp³-hybridized carbons (Fsp3) is 0. The number of nitrogens with one attached hydrogen (secondary N) is 1. The van der Waals surface area contributed by atoms with Crippen molar-refractivity contribution in [2.75, 3.05) is 4.72 Å². The fourth-order valence-corrected chi connectivity index (χ4v) is 2.81. The molecule has 0 amide bonds. The van der Waals surface area contributed by atoms with Gasteiger partial charge in [0, 0.05) is 10.7 Å². The Labute approximate surface area is 113 Å². The Balaban J connectivity index is 2.37. The number of benzene rings is 2. The van der Waals surface area contributed by atoms with E-state index in [2.05, 4.69) is 4.72 Å². The monoisotopic (exact) mass is 303 g/mol. The van der Waals surface area contributed by atoms with Crippen molar-refractivity contribution >= 4 is 27.3 Å². The van der Waals surface area contributed by atoms with Crippen LogP contribution in [0, 0.1) is 11.6 Å². The van der Waals surface area contributed by atoms with E-state index in [0.717, 1.165) is 24.3 Å². The van der Waals surface area contributed by atoms with Crippen LogP contribution in [0.25, 0.3) is 0 Å². The maximum atomic E-state index is 13.5. The van der Waals surface area contributed by atoms with Crippen LogP contribution in [0.1, 0.15) is 0 Å². The van der Waals surface area contributed by atoms with Gasteiger partial charge in [0.15, 0.2) is 0 Å². The van der Waals surface area contributed by atoms with Crippen LogP contribution in [0.4, 0.5) is 14.5 Å². The zero-order chi connectivity index (χ0) is 14.0. The lowest BCUT2D eigenvalue weighted by molar-refractivity contribution is 0.570. The summed E-state index contributed by atoms with van der Waals surface area (Å²) < 4.78 is 52.2. The average Bonchev–Trinajstić information content (AvgIpc) is 2.35. The van der Waals surface area contributed by atoms with Gasteiger partial charge in [-0.2, -0.15) is 0 Å². The third-order valence-corrected chi connectivity index (χ3v) is 3.91. The molecule has 0 aromatic heterocycles. The molecule has 2 aromatic rings. The van der Waals surface area contributed by atoms with E-state index >= 15 is 0 Å². The highest BCUT2D eigenvalue weighted by Gasteiger charge is 2.19. The number of sulfonamides is 1. The first-order valence-corrected chi connectivity index (χ1v) is 6.98. The van der Waals surface area contributed by atoms with Crippen molar-refractivity contribution in [1.82, 2.24) is 0 Å².